The molecule has 2 rings (SSSR count). The molecule has 84 valence electrons. The Morgan fingerprint density at radius 3 is 2.82 bits per heavy atom. The average Bonchev–Trinajstić information content (AvgIpc) is 2.34. The van der Waals surface area contributed by atoms with E-state index < -0.39 is 11.6 Å². The summed E-state index contributed by atoms with van der Waals surface area (Å²) in [6.07, 6.45) is 1.39. The van der Waals surface area contributed by atoms with Crippen molar-refractivity contribution in [1.29, 1.82) is 5.26 Å². The molecule has 1 aromatic heterocycles. The van der Waals surface area contributed by atoms with Gasteiger partial charge in [0.2, 0.25) is 0 Å². The number of hydrogen-bond acceptors (Lipinski definition) is 4. The van der Waals surface area contributed by atoms with Crippen LogP contribution in [0.2, 0.25) is 0 Å². The van der Waals surface area contributed by atoms with Gasteiger partial charge in [0.05, 0.1) is 4.90 Å². The second-order valence-corrected chi connectivity index (χ2v) is 4.02. The van der Waals surface area contributed by atoms with Gasteiger partial charge in [0, 0.05) is 6.20 Å². The molecule has 0 fully saturated rings. The predicted molar refractivity (Wildman–Crippen MR) is 57.2 cm³/mol. The number of rotatable bonds is 2. The molecule has 0 saturated heterocycles. The van der Waals surface area contributed by atoms with Crippen molar-refractivity contribution in [2.75, 3.05) is 0 Å². The molecule has 17 heavy (non-hydrogen) atoms. The van der Waals surface area contributed by atoms with E-state index >= 15 is 0 Å². The summed E-state index contributed by atoms with van der Waals surface area (Å²) in [5.74, 6) is -1.09. The first-order chi connectivity index (χ1) is 8.19. The summed E-state index contributed by atoms with van der Waals surface area (Å²) in [6, 6.07) is 6.41. The Balaban J connectivity index is 2.31. The minimum atomic E-state index is -0.553. The van der Waals surface area contributed by atoms with Gasteiger partial charge in [-0.1, -0.05) is 0 Å². The van der Waals surface area contributed by atoms with Gasteiger partial charge in [-0.3, -0.25) is 0 Å². The van der Waals surface area contributed by atoms with Gasteiger partial charge < -0.3 is 0 Å². The van der Waals surface area contributed by atoms with E-state index in [0.717, 1.165) is 30.0 Å². The highest BCUT2D eigenvalue weighted by atomic mass is 32.2. The molecule has 0 aliphatic heterocycles. The molecule has 0 aliphatic rings. The molecular weight excluding hydrogens is 244 g/mol. The predicted octanol–water partition coefficient (Wildman–Crippen LogP) is 2.78. The third-order valence-electron chi connectivity index (χ3n) is 1.84. The Labute approximate surface area is 100 Å². The third kappa shape index (κ3) is 2.77. The molecule has 1 heterocycles. The van der Waals surface area contributed by atoms with Crippen LogP contribution < -0.4 is 0 Å². The standard InChI is InChI=1S/C11H5F2N3S/c12-7-1-2-9(13)10(5-7)17-11-15-4-3-8(6-14)16-11/h1-5H. The Kier molecular flexibility index (Phi) is 3.30. The van der Waals surface area contributed by atoms with Crippen molar-refractivity contribution in [3.63, 3.8) is 0 Å². The average molecular weight is 249 g/mol. The van der Waals surface area contributed by atoms with E-state index in [1.807, 2.05) is 6.07 Å². The van der Waals surface area contributed by atoms with Crippen molar-refractivity contribution >= 4 is 11.8 Å². The van der Waals surface area contributed by atoms with Crippen LogP contribution in [-0.4, -0.2) is 9.97 Å². The molecule has 0 radical (unpaired) electrons. The number of hydrogen-bond donors (Lipinski definition) is 0. The maximum absolute atomic E-state index is 13.3. The molecule has 3 nitrogen and oxygen atoms in total. The molecular formula is C11H5F2N3S. The van der Waals surface area contributed by atoms with Crippen LogP contribution in [-0.2, 0) is 0 Å². The topological polar surface area (TPSA) is 49.6 Å². The highest BCUT2D eigenvalue weighted by Crippen LogP contribution is 2.27. The van der Waals surface area contributed by atoms with E-state index in [0.29, 0.717) is 0 Å². The molecule has 1 aromatic carbocycles. The zero-order valence-corrected chi connectivity index (χ0v) is 9.21. The summed E-state index contributed by atoms with van der Waals surface area (Å²) in [6.45, 7) is 0. The molecule has 0 amide bonds. The van der Waals surface area contributed by atoms with Gasteiger partial charge >= 0.3 is 0 Å². The third-order valence-corrected chi connectivity index (χ3v) is 2.75. The molecule has 0 spiro atoms. The van der Waals surface area contributed by atoms with Gasteiger partial charge in [-0.05, 0) is 36.0 Å². The van der Waals surface area contributed by atoms with E-state index in [1.165, 1.54) is 12.3 Å². The van der Waals surface area contributed by atoms with Crippen LogP contribution in [0.5, 0.6) is 0 Å². The van der Waals surface area contributed by atoms with E-state index in [4.69, 9.17) is 5.26 Å². The van der Waals surface area contributed by atoms with Crippen LogP contribution in [0.3, 0.4) is 0 Å². The first-order valence-corrected chi connectivity index (χ1v) is 5.37. The summed E-state index contributed by atoms with van der Waals surface area (Å²) in [4.78, 5) is 7.81. The van der Waals surface area contributed by atoms with Gasteiger partial charge in [-0.25, -0.2) is 18.7 Å². The fraction of sp³-hybridized carbons (Fsp3) is 0. The largest absolute Gasteiger partial charge is 0.231 e. The van der Waals surface area contributed by atoms with Crippen molar-refractivity contribution in [3.05, 3.63) is 47.8 Å². The van der Waals surface area contributed by atoms with E-state index in [-0.39, 0.29) is 15.7 Å². The van der Waals surface area contributed by atoms with Gasteiger partial charge in [0.25, 0.3) is 0 Å². The van der Waals surface area contributed by atoms with Gasteiger partial charge in [-0.2, -0.15) is 5.26 Å². The van der Waals surface area contributed by atoms with Crippen molar-refractivity contribution in [3.8, 4) is 6.07 Å². The normalized spacial score (nSPS) is 9.94. The molecule has 0 N–H and O–H groups in total. The highest BCUT2D eigenvalue weighted by Gasteiger charge is 2.08. The molecule has 0 saturated carbocycles. The van der Waals surface area contributed by atoms with E-state index in [1.54, 1.807) is 0 Å². The SMILES string of the molecule is N#Cc1ccnc(Sc2cc(F)ccc2F)n1. The minimum absolute atomic E-state index is 0.0834. The second kappa shape index (κ2) is 4.89. The lowest BCUT2D eigenvalue weighted by molar-refractivity contribution is 0.577. The number of benzene rings is 1. The lowest BCUT2D eigenvalue weighted by Crippen LogP contribution is -1.90. The second-order valence-electron chi connectivity index (χ2n) is 3.01. The monoisotopic (exact) mass is 249 g/mol. The summed E-state index contributed by atoms with van der Waals surface area (Å²) >= 11 is 0.870. The molecule has 6 heteroatoms. The first kappa shape index (κ1) is 11.5. The Morgan fingerprint density at radius 1 is 1.24 bits per heavy atom. The van der Waals surface area contributed by atoms with E-state index in [9.17, 15) is 8.78 Å². The van der Waals surface area contributed by atoms with Crippen molar-refractivity contribution in [2.45, 2.75) is 10.1 Å². The summed E-state index contributed by atoms with van der Waals surface area (Å²) in [5.41, 5.74) is 0.180. The molecule has 0 bridgehead atoms. The van der Waals surface area contributed by atoms with Crippen LogP contribution in [0.4, 0.5) is 8.78 Å². The van der Waals surface area contributed by atoms with Crippen LogP contribution in [0.25, 0.3) is 0 Å². The lowest BCUT2D eigenvalue weighted by Gasteiger charge is -2.01. The van der Waals surface area contributed by atoms with Gasteiger partial charge in [0.1, 0.15) is 23.4 Å². The highest BCUT2D eigenvalue weighted by molar-refractivity contribution is 7.99. The number of aromatic nitrogens is 2. The number of nitriles is 1. The zero-order valence-electron chi connectivity index (χ0n) is 8.39. The maximum atomic E-state index is 13.3. The van der Waals surface area contributed by atoms with Crippen molar-refractivity contribution < 1.29 is 8.78 Å². The molecule has 2 aromatic rings. The van der Waals surface area contributed by atoms with Crippen LogP contribution in [0.15, 0.2) is 40.5 Å². The zero-order chi connectivity index (χ0) is 12.3. The number of nitrogens with zero attached hydrogens (tertiary/aromatic N) is 3. The number of halogens is 2. The molecule has 0 unspecified atom stereocenters. The van der Waals surface area contributed by atoms with Gasteiger partial charge in [-0.15, -0.1) is 0 Å². The molecule has 0 atom stereocenters. The van der Waals surface area contributed by atoms with Gasteiger partial charge in [0.15, 0.2) is 5.16 Å². The van der Waals surface area contributed by atoms with E-state index in [2.05, 4.69) is 9.97 Å². The van der Waals surface area contributed by atoms with Crippen LogP contribution in [0, 0.1) is 23.0 Å². The fourth-order valence-corrected chi connectivity index (χ4v) is 1.90. The quantitative estimate of drug-likeness (QED) is 0.768. The van der Waals surface area contributed by atoms with Crippen LogP contribution in [0.1, 0.15) is 5.69 Å². The first-order valence-electron chi connectivity index (χ1n) is 4.55. The van der Waals surface area contributed by atoms with Crippen LogP contribution >= 0.6 is 11.8 Å². The fourth-order valence-electron chi connectivity index (χ4n) is 1.11. The smallest absolute Gasteiger partial charge is 0.193 e. The maximum Gasteiger partial charge on any atom is 0.193 e. The lowest BCUT2D eigenvalue weighted by atomic mass is 10.3. The summed E-state index contributed by atoms with van der Waals surface area (Å²) in [5, 5.41) is 8.85. The Bertz CT molecular complexity index is 596. The Hall–Kier alpha value is -2.00. The Morgan fingerprint density at radius 2 is 2.06 bits per heavy atom. The summed E-state index contributed by atoms with van der Waals surface area (Å²) in [7, 11) is 0. The minimum Gasteiger partial charge on any atom is -0.231 e. The summed E-state index contributed by atoms with van der Waals surface area (Å²) < 4.78 is 26.3. The van der Waals surface area contributed by atoms with Crippen molar-refractivity contribution in [2.24, 2.45) is 0 Å². The van der Waals surface area contributed by atoms with Crippen molar-refractivity contribution in [1.82, 2.24) is 9.97 Å². The molecule has 0 aliphatic carbocycles.